The lowest BCUT2D eigenvalue weighted by Gasteiger charge is -2.30. The number of piperidine rings is 1. The van der Waals surface area contributed by atoms with Gasteiger partial charge in [-0.2, -0.15) is 4.31 Å². The number of nitrogens with one attached hydrogen (secondary N) is 1. The second kappa shape index (κ2) is 10.7. The van der Waals surface area contributed by atoms with Crippen molar-refractivity contribution in [2.45, 2.75) is 44.9 Å². The molecule has 0 atom stereocenters. The highest BCUT2D eigenvalue weighted by Crippen LogP contribution is 2.35. The molecule has 1 N–H and O–H groups in total. The van der Waals surface area contributed by atoms with Crippen LogP contribution in [-0.4, -0.2) is 51.4 Å². The third-order valence-corrected chi connectivity index (χ3v) is 8.78. The first-order valence-corrected chi connectivity index (χ1v) is 13.2. The number of rotatable bonds is 8. The lowest BCUT2D eigenvalue weighted by atomic mass is 9.97. The monoisotopic (exact) mass is 494 g/mol. The summed E-state index contributed by atoms with van der Waals surface area (Å²) in [5.74, 6) is -0.392. The molecule has 0 radical (unpaired) electrons. The Labute approximate surface area is 198 Å². The fourth-order valence-electron chi connectivity index (χ4n) is 3.98. The topological polar surface area (TPSA) is 102 Å². The molecule has 2 aromatic rings. The molecule has 10 heteroatoms. The van der Waals surface area contributed by atoms with Crippen LogP contribution in [0.5, 0.6) is 5.75 Å². The number of thiophene rings is 1. The third-order valence-electron chi connectivity index (χ3n) is 5.80. The summed E-state index contributed by atoms with van der Waals surface area (Å²) in [5, 5.41) is 3.41. The van der Waals surface area contributed by atoms with Crippen LogP contribution in [0, 0.1) is 12.8 Å². The van der Waals surface area contributed by atoms with E-state index in [9.17, 15) is 18.0 Å². The molecule has 0 unspecified atom stereocenters. The largest absolute Gasteiger partial charge is 0.497 e. The zero-order valence-corrected chi connectivity index (χ0v) is 21.0. The van der Waals surface area contributed by atoms with Gasteiger partial charge in [0, 0.05) is 23.9 Å². The number of methoxy groups -OCH3 is 1. The first-order valence-electron chi connectivity index (χ1n) is 11.0. The van der Waals surface area contributed by atoms with E-state index in [0.717, 1.165) is 10.4 Å². The Kier molecular flexibility index (Phi) is 8.14. The summed E-state index contributed by atoms with van der Waals surface area (Å²) in [6, 6.07) is 6.27. The molecule has 0 spiro atoms. The van der Waals surface area contributed by atoms with Crippen molar-refractivity contribution in [1.29, 1.82) is 0 Å². The minimum atomic E-state index is -3.64. The van der Waals surface area contributed by atoms with Crippen molar-refractivity contribution in [2.24, 2.45) is 5.92 Å². The van der Waals surface area contributed by atoms with E-state index >= 15 is 0 Å². The van der Waals surface area contributed by atoms with Crippen LogP contribution < -0.4 is 10.1 Å². The van der Waals surface area contributed by atoms with Gasteiger partial charge in [-0.15, -0.1) is 11.3 Å². The summed E-state index contributed by atoms with van der Waals surface area (Å²) in [5.41, 5.74) is 1.31. The number of amides is 1. The molecule has 0 saturated carbocycles. The molecule has 1 aliphatic heterocycles. The number of hydrogen-bond acceptors (Lipinski definition) is 7. The van der Waals surface area contributed by atoms with Crippen molar-refractivity contribution in [1.82, 2.24) is 4.31 Å². The van der Waals surface area contributed by atoms with Crippen LogP contribution in [0.25, 0.3) is 0 Å². The first kappa shape index (κ1) is 25.2. The van der Waals surface area contributed by atoms with Crippen molar-refractivity contribution in [3.8, 4) is 5.75 Å². The number of anilines is 1. The van der Waals surface area contributed by atoms with Gasteiger partial charge in [-0.3, -0.25) is 4.79 Å². The molecule has 0 bridgehead atoms. The fourth-order valence-corrected chi connectivity index (χ4v) is 6.59. The van der Waals surface area contributed by atoms with Crippen LogP contribution in [0.2, 0.25) is 0 Å². The molecule has 1 amide bonds. The molecule has 2 heterocycles. The van der Waals surface area contributed by atoms with E-state index < -0.39 is 16.0 Å². The number of aryl methyl sites for hydroxylation is 1. The molecule has 180 valence electrons. The van der Waals surface area contributed by atoms with Crippen LogP contribution >= 0.6 is 11.3 Å². The number of ether oxygens (including phenoxy) is 2. The SMILES string of the molecule is CCOC(=O)c1c(NC(=O)C2CCN(S(=O)(=O)c3ccc(OC)cc3)CC2)sc(C)c1CC. The van der Waals surface area contributed by atoms with E-state index in [2.05, 4.69) is 5.32 Å². The van der Waals surface area contributed by atoms with Crippen molar-refractivity contribution < 1.29 is 27.5 Å². The normalized spacial score (nSPS) is 15.3. The van der Waals surface area contributed by atoms with E-state index in [4.69, 9.17) is 9.47 Å². The molecular weight excluding hydrogens is 464 g/mol. The van der Waals surface area contributed by atoms with Gasteiger partial charge in [-0.05, 0) is 62.9 Å². The maximum atomic E-state index is 13.0. The summed E-state index contributed by atoms with van der Waals surface area (Å²) in [4.78, 5) is 26.6. The lowest BCUT2D eigenvalue weighted by molar-refractivity contribution is -0.120. The number of hydrogen-bond donors (Lipinski definition) is 1. The predicted molar refractivity (Wildman–Crippen MR) is 127 cm³/mol. The molecular formula is C23H30N2O6S2. The summed E-state index contributed by atoms with van der Waals surface area (Å²) in [6.07, 6.45) is 1.47. The minimum Gasteiger partial charge on any atom is -0.497 e. The van der Waals surface area contributed by atoms with Gasteiger partial charge in [0.25, 0.3) is 0 Å². The molecule has 1 aromatic heterocycles. The van der Waals surface area contributed by atoms with Crippen molar-refractivity contribution in [3.05, 3.63) is 40.3 Å². The molecule has 33 heavy (non-hydrogen) atoms. The average molecular weight is 495 g/mol. The second-order valence-corrected chi connectivity index (χ2v) is 10.9. The highest BCUT2D eigenvalue weighted by molar-refractivity contribution is 7.89. The smallest absolute Gasteiger partial charge is 0.341 e. The summed E-state index contributed by atoms with van der Waals surface area (Å²) in [7, 11) is -2.11. The quantitative estimate of drug-likeness (QED) is 0.560. The van der Waals surface area contributed by atoms with Crippen molar-refractivity contribution >= 4 is 38.2 Å². The van der Waals surface area contributed by atoms with Gasteiger partial charge in [-0.25, -0.2) is 13.2 Å². The van der Waals surface area contributed by atoms with Gasteiger partial charge in [0.15, 0.2) is 0 Å². The number of carbonyl (C=O) groups excluding carboxylic acids is 2. The minimum absolute atomic E-state index is 0.200. The van der Waals surface area contributed by atoms with Crippen LogP contribution in [-0.2, 0) is 26.0 Å². The average Bonchev–Trinajstić information content (AvgIpc) is 3.13. The van der Waals surface area contributed by atoms with Gasteiger partial charge in [0.1, 0.15) is 10.8 Å². The van der Waals surface area contributed by atoms with Gasteiger partial charge in [0.05, 0.1) is 24.2 Å². The summed E-state index contributed by atoms with van der Waals surface area (Å²) in [6.45, 7) is 6.38. The summed E-state index contributed by atoms with van der Waals surface area (Å²) < 4.78 is 37.6. The Hall–Kier alpha value is -2.43. The van der Waals surface area contributed by atoms with Gasteiger partial charge in [0.2, 0.25) is 15.9 Å². The number of benzene rings is 1. The molecule has 1 aliphatic rings. The Morgan fingerprint density at radius 3 is 2.33 bits per heavy atom. The molecule has 1 aromatic carbocycles. The summed E-state index contributed by atoms with van der Waals surface area (Å²) >= 11 is 1.37. The Morgan fingerprint density at radius 2 is 1.79 bits per heavy atom. The van der Waals surface area contributed by atoms with E-state index in [1.807, 2.05) is 13.8 Å². The van der Waals surface area contributed by atoms with Crippen molar-refractivity contribution in [3.63, 3.8) is 0 Å². The van der Waals surface area contributed by atoms with Gasteiger partial charge >= 0.3 is 5.97 Å². The first-order chi connectivity index (χ1) is 15.7. The Morgan fingerprint density at radius 1 is 1.15 bits per heavy atom. The van der Waals surface area contributed by atoms with E-state index in [-0.39, 0.29) is 36.4 Å². The number of nitrogens with zero attached hydrogens (tertiary/aromatic N) is 1. The van der Waals surface area contributed by atoms with E-state index in [1.54, 1.807) is 19.1 Å². The highest BCUT2D eigenvalue weighted by atomic mass is 32.2. The van der Waals surface area contributed by atoms with Gasteiger partial charge < -0.3 is 14.8 Å². The molecule has 3 rings (SSSR count). The predicted octanol–water partition coefficient (Wildman–Crippen LogP) is 3.84. The Balaban J connectivity index is 1.68. The maximum Gasteiger partial charge on any atom is 0.341 e. The van der Waals surface area contributed by atoms with Crippen LogP contribution in [0.4, 0.5) is 5.00 Å². The second-order valence-electron chi connectivity index (χ2n) is 7.76. The highest BCUT2D eigenvalue weighted by Gasteiger charge is 2.33. The van der Waals surface area contributed by atoms with Crippen LogP contribution in [0.3, 0.4) is 0 Å². The van der Waals surface area contributed by atoms with Crippen LogP contribution in [0.1, 0.15) is 47.5 Å². The fraction of sp³-hybridized carbons (Fsp3) is 0.478. The zero-order valence-electron chi connectivity index (χ0n) is 19.3. The molecule has 0 aliphatic carbocycles. The lowest BCUT2D eigenvalue weighted by Crippen LogP contribution is -2.41. The van der Waals surface area contributed by atoms with E-state index in [0.29, 0.717) is 35.6 Å². The molecule has 1 saturated heterocycles. The van der Waals surface area contributed by atoms with E-state index in [1.165, 1.54) is 34.9 Å². The van der Waals surface area contributed by atoms with Crippen LogP contribution in [0.15, 0.2) is 29.2 Å². The standard InChI is InChI=1S/C23H30N2O6S2/c1-5-19-15(3)32-22(20(19)23(27)31-6-2)24-21(26)16-11-13-25(14-12-16)33(28,29)18-9-7-17(30-4)8-10-18/h7-10,16H,5-6,11-14H2,1-4H3,(H,24,26). The van der Waals surface area contributed by atoms with Gasteiger partial charge in [-0.1, -0.05) is 6.92 Å². The Bertz CT molecular complexity index is 1100. The molecule has 8 nitrogen and oxygen atoms in total. The number of carbonyl (C=O) groups is 2. The number of esters is 1. The zero-order chi connectivity index (χ0) is 24.2. The third kappa shape index (κ3) is 5.39. The maximum absolute atomic E-state index is 13.0. The number of sulfonamides is 1. The van der Waals surface area contributed by atoms with Crippen molar-refractivity contribution in [2.75, 3.05) is 32.1 Å². The molecule has 1 fully saturated rings.